The minimum absolute atomic E-state index is 0. The first kappa shape index (κ1) is 21.4. The average molecular weight is 491 g/mol. The Kier molecular flexibility index (Phi) is 6.63. The lowest BCUT2D eigenvalue weighted by atomic mass is 10.1. The number of fused-ring (bicyclic) bond motifs is 1. The van der Waals surface area contributed by atoms with Crippen molar-refractivity contribution in [1.82, 2.24) is 4.57 Å². The van der Waals surface area contributed by atoms with Gasteiger partial charge in [-0.25, -0.2) is 9.13 Å². The van der Waals surface area contributed by atoms with E-state index in [9.17, 15) is 4.79 Å². The molecule has 0 saturated heterocycles. The van der Waals surface area contributed by atoms with Crippen molar-refractivity contribution in [3.8, 4) is 0 Å². The summed E-state index contributed by atoms with van der Waals surface area (Å²) in [5.74, 6) is 0.441. The third-order valence-electron chi connectivity index (χ3n) is 4.74. The molecule has 3 aromatic carbocycles. The fourth-order valence-electron chi connectivity index (χ4n) is 3.32. The first-order valence-electron chi connectivity index (χ1n) is 8.83. The standard InChI is InChI=1S/C22H17Cl2N3O.BrH/c23-17-11-10-16(12-18(17)24)21(28)14-27-20-9-5-4-8-19(20)26(22(27)25)13-15-6-2-1-3-7-15;/h1-12,25H,13-14H2;1H. The first-order valence-corrected chi connectivity index (χ1v) is 9.59. The zero-order valence-corrected chi connectivity index (χ0v) is 18.5. The molecule has 4 rings (SSSR count). The van der Waals surface area contributed by atoms with Crippen molar-refractivity contribution in [3.63, 3.8) is 0 Å². The van der Waals surface area contributed by atoms with Crippen molar-refractivity contribution < 1.29 is 26.3 Å². The smallest absolute Gasteiger partial charge is 0.356 e. The molecule has 2 N–H and O–H groups in total. The minimum atomic E-state index is -0.0853. The van der Waals surface area contributed by atoms with E-state index in [0.717, 1.165) is 16.6 Å². The number of halogens is 3. The molecule has 7 heteroatoms. The monoisotopic (exact) mass is 489 g/mol. The molecule has 0 amide bonds. The molecular formula is C22H18BrCl2N3O. The van der Waals surface area contributed by atoms with Crippen LogP contribution >= 0.6 is 23.2 Å². The summed E-state index contributed by atoms with van der Waals surface area (Å²) < 4.78 is 3.86. The number of benzene rings is 3. The van der Waals surface area contributed by atoms with E-state index in [4.69, 9.17) is 28.9 Å². The Morgan fingerprint density at radius 1 is 0.931 bits per heavy atom. The van der Waals surface area contributed by atoms with Crippen LogP contribution in [0.5, 0.6) is 0 Å². The summed E-state index contributed by atoms with van der Waals surface area (Å²) in [5.41, 5.74) is 9.99. The summed E-state index contributed by atoms with van der Waals surface area (Å²) >= 11 is 12.0. The Bertz CT molecular complexity index is 1180. The lowest BCUT2D eigenvalue weighted by Crippen LogP contribution is -3.00. The molecule has 0 aliphatic carbocycles. The van der Waals surface area contributed by atoms with E-state index in [-0.39, 0.29) is 29.3 Å². The number of hydrogen-bond acceptors (Lipinski definition) is 2. The molecule has 0 aliphatic rings. The third kappa shape index (κ3) is 4.32. The van der Waals surface area contributed by atoms with Crippen LogP contribution in [0.1, 0.15) is 15.9 Å². The molecule has 4 aromatic rings. The van der Waals surface area contributed by atoms with E-state index in [1.165, 1.54) is 0 Å². The molecule has 0 bridgehead atoms. The lowest BCUT2D eigenvalue weighted by molar-refractivity contribution is -0.648. The van der Waals surface area contributed by atoms with Crippen LogP contribution in [0.2, 0.25) is 10.0 Å². The molecule has 0 unspecified atom stereocenters. The molecule has 148 valence electrons. The van der Waals surface area contributed by atoms with Crippen molar-refractivity contribution in [2.24, 2.45) is 0 Å². The zero-order chi connectivity index (χ0) is 19.7. The maximum Gasteiger partial charge on any atom is 0.356 e. The molecule has 4 nitrogen and oxygen atoms in total. The first-order chi connectivity index (χ1) is 13.5. The second-order valence-electron chi connectivity index (χ2n) is 6.56. The van der Waals surface area contributed by atoms with Crippen molar-refractivity contribution >= 4 is 46.0 Å². The molecule has 0 radical (unpaired) electrons. The van der Waals surface area contributed by atoms with Crippen molar-refractivity contribution in [2.45, 2.75) is 13.1 Å². The maximum atomic E-state index is 12.9. The Morgan fingerprint density at radius 2 is 1.62 bits per heavy atom. The van der Waals surface area contributed by atoms with Crippen LogP contribution in [0.3, 0.4) is 0 Å². The van der Waals surface area contributed by atoms with Gasteiger partial charge in [-0.1, -0.05) is 65.7 Å². The van der Waals surface area contributed by atoms with Crippen LogP contribution in [0.25, 0.3) is 11.0 Å². The second kappa shape index (κ2) is 8.99. The fourth-order valence-corrected chi connectivity index (χ4v) is 3.61. The zero-order valence-electron chi connectivity index (χ0n) is 15.4. The molecule has 29 heavy (non-hydrogen) atoms. The Labute approximate surface area is 189 Å². The number of aromatic nitrogens is 2. The van der Waals surface area contributed by atoms with Gasteiger partial charge in [0.15, 0.2) is 5.78 Å². The summed E-state index contributed by atoms with van der Waals surface area (Å²) in [7, 11) is 0. The highest BCUT2D eigenvalue weighted by Crippen LogP contribution is 2.24. The van der Waals surface area contributed by atoms with Gasteiger partial charge in [0.05, 0.1) is 16.6 Å². The Hall–Kier alpha value is -2.34. The largest absolute Gasteiger partial charge is 1.00 e. The highest BCUT2D eigenvalue weighted by atomic mass is 79.9. The number of para-hydroxylation sites is 2. The van der Waals surface area contributed by atoms with Crippen molar-refractivity contribution in [2.75, 3.05) is 5.73 Å². The van der Waals surface area contributed by atoms with Crippen LogP contribution in [0.4, 0.5) is 5.95 Å². The number of rotatable bonds is 5. The third-order valence-corrected chi connectivity index (χ3v) is 5.48. The van der Waals surface area contributed by atoms with Gasteiger partial charge in [0, 0.05) is 5.56 Å². The van der Waals surface area contributed by atoms with Crippen molar-refractivity contribution in [1.29, 1.82) is 0 Å². The van der Waals surface area contributed by atoms with Gasteiger partial charge >= 0.3 is 5.95 Å². The number of nitrogens with two attached hydrogens (primary N) is 1. The minimum Gasteiger partial charge on any atom is -1.00 e. The molecule has 1 heterocycles. The number of imidazole rings is 1. The van der Waals surface area contributed by atoms with Crippen LogP contribution in [0.15, 0.2) is 72.8 Å². The highest BCUT2D eigenvalue weighted by Gasteiger charge is 2.23. The normalized spacial score (nSPS) is 10.7. The molecule has 0 spiro atoms. The number of nitrogen functional groups attached to an aromatic ring is 1. The van der Waals surface area contributed by atoms with E-state index < -0.39 is 0 Å². The molecular weight excluding hydrogens is 473 g/mol. The van der Waals surface area contributed by atoms with Crippen molar-refractivity contribution in [3.05, 3.63) is 94.0 Å². The summed E-state index contributed by atoms with van der Waals surface area (Å²) in [6, 6.07) is 22.9. The summed E-state index contributed by atoms with van der Waals surface area (Å²) in [5, 5.41) is 0.779. The lowest BCUT2D eigenvalue weighted by Gasteiger charge is -2.04. The number of Topliss-reactive ketones (excluding diaryl/α,β-unsaturated/α-hetero) is 1. The van der Waals surface area contributed by atoms with Gasteiger partial charge in [0.2, 0.25) is 0 Å². The fraction of sp³-hybridized carbons (Fsp3) is 0.0909. The van der Waals surface area contributed by atoms with E-state index >= 15 is 0 Å². The van der Waals surface area contributed by atoms with Gasteiger partial charge in [-0.15, -0.1) is 0 Å². The van der Waals surface area contributed by atoms with E-state index in [1.807, 2.05) is 51.6 Å². The number of anilines is 1. The topological polar surface area (TPSA) is 51.9 Å². The number of hydrogen-bond donors (Lipinski definition) is 1. The van der Waals surface area contributed by atoms with Crippen LogP contribution in [0, 0.1) is 0 Å². The summed E-state index contributed by atoms with van der Waals surface area (Å²) in [6.07, 6.45) is 0. The van der Waals surface area contributed by atoms with Gasteiger partial charge in [0.1, 0.15) is 17.6 Å². The van der Waals surface area contributed by atoms with Gasteiger partial charge < -0.3 is 17.0 Å². The predicted molar refractivity (Wildman–Crippen MR) is 113 cm³/mol. The van der Waals surface area contributed by atoms with E-state index in [1.54, 1.807) is 18.2 Å². The molecule has 0 aliphatic heterocycles. The number of carbonyl (C=O) groups is 1. The second-order valence-corrected chi connectivity index (χ2v) is 7.37. The van der Waals surface area contributed by atoms with E-state index in [0.29, 0.717) is 28.1 Å². The molecule has 0 atom stereocenters. The number of nitrogens with zero attached hydrogens (tertiary/aromatic N) is 2. The molecule has 0 fully saturated rings. The van der Waals surface area contributed by atoms with Gasteiger partial charge in [-0.2, -0.15) is 0 Å². The van der Waals surface area contributed by atoms with Gasteiger partial charge in [-0.05, 0) is 35.9 Å². The van der Waals surface area contributed by atoms with Crippen LogP contribution in [-0.4, -0.2) is 10.4 Å². The van der Waals surface area contributed by atoms with Crippen LogP contribution in [-0.2, 0) is 13.1 Å². The Morgan fingerprint density at radius 3 is 2.34 bits per heavy atom. The summed E-state index contributed by atoms with van der Waals surface area (Å²) in [6.45, 7) is 0.743. The van der Waals surface area contributed by atoms with E-state index in [2.05, 4.69) is 12.1 Å². The number of carbonyl (C=O) groups excluding carboxylic acids is 1. The summed E-state index contributed by atoms with van der Waals surface area (Å²) in [4.78, 5) is 12.9. The van der Waals surface area contributed by atoms with Gasteiger partial charge in [0.25, 0.3) is 0 Å². The number of ketones is 1. The Balaban J connectivity index is 0.00000240. The predicted octanol–water partition coefficient (Wildman–Crippen LogP) is 1.75. The highest BCUT2D eigenvalue weighted by molar-refractivity contribution is 6.42. The van der Waals surface area contributed by atoms with Crippen LogP contribution < -0.4 is 27.3 Å². The van der Waals surface area contributed by atoms with Gasteiger partial charge in [-0.3, -0.25) is 10.5 Å². The quantitative estimate of drug-likeness (QED) is 0.342. The molecule has 1 aromatic heterocycles. The average Bonchev–Trinajstić information content (AvgIpc) is 2.97. The SMILES string of the molecule is Nc1n(CC(=O)c2ccc(Cl)c(Cl)c2)c2ccccc2[n+]1Cc1ccccc1.[Br-]. The maximum absolute atomic E-state index is 12.9. The molecule has 0 saturated carbocycles.